The Morgan fingerprint density at radius 2 is 2.00 bits per heavy atom. The maximum atomic E-state index is 13.9. The molecular weight excluding hydrogens is 267 g/mol. The van der Waals surface area contributed by atoms with Crippen molar-refractivity contribution >= 4 is 11.8 Å². The first kappa shape index (κ1) is 15.2. The van der Waals surface area contributed by atoms with E-state index >= 15 is 0 Å². The van der Waals surface area contributed by atoms with Crippen LogP contribution < -0.4 is 10.2 Å². The minimum Gasteiger partial charge on any atom is -0.357 e. The van der Waals surface area contributed by atoms with E-state index in [0.717, 1.165) is 19.4 Å². The molecule has 0 fully saturated rings. The smallest absolute Gasteiger partial charge is 0.224 e. The number of benzene rings is 1. The largest absolute Gasteiger partial charge is 0.357 e. The number of rotatable bonds is 7. The van der Waals surface area contributed by atoms with Crippen molar-refractivity contribution in [1.29, 1.82) is 0 Å². The highest BCUT2D eigenvalue weighted by Crippen LogP contribution is 2.16. The number of nitrogens with zero attached hydrogens (tertiary/aromatic N) is 3. The molecule has 0 saturated carbocycles. The summed E-state index contributed by atoms with van der Waals surface area (Å²) in [7, 11) is 1.85. The molecule has 0 saturated heterocycles. The molecule has 0 unspecified atom stereocenters. The second-order valence-electron chi connectivity index (χ2n) is 4.95. The van der Waals surface area contributed by atoms with Crippen LogP contribution in [0.25, 0.3) is 0 Å². The number of likely N-dealkylation sites (N-methyl/N-ethyl adjacent to an activating group) is 1. The van der Waals surface area contributed by atoms with Gasteiger partial charge in [0.05, 0.1) is 6.20 Å². The van der Waals surface area contributed by atoms with Crippen LogP contribution in [0.3, 0.4) is 0 Å². The summed E-state index contributed by atoms with van der Waals surface area (Å²) in [5.41, 5.74) is 1.23. The number of hydrogen-bond acceptors (Lipinski definition) is 4. The van der Waals surface area contributed by atoms with Crippen molar-refractivity contribution in [3.8, 4) is 0 Å². The fourth-order valence-corrected chi connectivity index (χ4v) is 2.00. The molecule has 5 heteroatoms. The highest BCUT2D eigenvalue weighted by molar-refractivity contribution is 5.43. The fourth-order valence-electron chi connectivity index (χ4n) is 2.00. The zero-order valence-corrected chi connectivity index (χ0v) is 12.5. The lowest BCUT2D eigenvalue weighted by atomic mass is 10.1. The van der Waals surface area contributed by atoms with E-state index in [0.29, 0.717) is 18.3 Å². The van der Waals surface area contributed by atoms with E-state index in [2.05, 4.69) is 34.3 Å². The van der Waals surface area contributed by atoms with E-state index in [1.165, 1.54) is 11.8 Å². The lowest BCUT2D eigenvalue weighted by Gasteiger charge is -2.19. The minimum absolute atomic E-state index is 0.333. The Hall–Kier alpha value is -2.17. The molecule has 4 nitrogen and oxygen atoms in total. The van der Waals surface area contributed by atoms with Gasteiger partial charge in [0.2, 0.25) is 5.95 Å². The van der Waals surface area contributed by atoms with E-state index in [9.17, 15) is 4.39 Å². The van der Waals surface area contributed by atoms with Crippen molar-refractivity contribution < 1.29 is 4.39 Å². The molecule has 112 valence electrons. The first-order valence-corrected chi connectivity index (χ1v) is 7.22. The summed E-state index contributed by atoms with van der Waals surface area (Å²) in [6.45, 7) is 3.54. The predicted molar refractivity (Wildman–Crippen MR) is 84.2 cm³/mol. The molecule has 0 aliphatic heterocycles. The Balaban J connectivity index is 2.02. The number of anilines is 2. The third-order valence-electron chi connectivity index (χ3n) is 3.20. The van der Waals surface area contributed by atoms with Crippen LogP contribution in [0.15, 0.2) is 36.5 Å². The molecule has 0 aliphatic rings. The van der Waals surface area contributed by atoms with Crippen LogP contribution in [0.1, 0.15) is 18.9 Å². The van der Waals surface area contributed by atoms with Crippen molar-refractivity contribution in [1.82, 2.24) is 9.97 Å². The molecule has 0 radical (unpaired) electrons. The second kappa shape index (κ2) is 7.57. The molecule has 1 aromatic carbocycles. The zero-order valence-electron chi connectivity index (χ0n) is 12.5. The summed E-state index contributed by atoms with van der Waals surface area (Å²) in [6.07, 6.45) is 3.04. The van der Waals surface area contributed by atoms with Crippen LogP contribution >= 0.6 is 0 Å². The third kappa shape index (κ3) is 4.41. The predicted octanol–water partition coefficient (Wildman–Crippen LogP) is 3.12. The molecular formula is C16H21FN4. The van der Waals surface area contributed by atoms with Gasteiger partial charge in [-0.05, 0) is 18.4 Å². The van der Waals surface area contributed by atoms with Crippen LogP contribution in [0.4, 0.5) is 16.2 Å². The van der Waals surface area contributed by atoms with Gasteiger partial charge in [0.1, 0.15) is 0 Å². The van der Waals surface area contributed by atoms with Gasteiger partial charge in [0, 0.05) is 20.1 Å². The number of aromatic nitrogens is 2. The van der Waals surface area contributed by atoms with E-state index in [1.807, 2.05) is 30.1 Å². The number of halogens is 1. The first-order chi connectivity index (χ1) is 10.2. The Morgan fingerprint density at radius 1 is 1.24 bits per heavy atom. The Kier molecular flexibility index (Phi) is 5.49. The molecule has 0 bridgehead atoms. The maximum absolute atomic E-state index is 13.9. The van der Waals surface area contributed by atoms with Gasteiger partial charge in [-0.3, -0.25) is 0 Å². The summed E-state index contributed by atoms with van der Waals surface area (Å²) < 4.78 is 13.9. The van der Waals surface area contributed by atoms with Gasteiger partial charge in [-0.2, -0.15) is 4.98 Å². The quantitative estimate of drug-likeness (QED) is 0.850. The standard InChI is InChI=1S/C16H21FN4/c1-3-10-18-16-19-12-14(17)15(20-16)21(2)11-9-13-7-5-4-6-8-13/h4-8,12H,3,9-11H2,1-2H3,(H,18,19,20). The third-order valence-corrected chi connectivity index (χ3v) is 3.20. The average molecular weight is 288 g/mol. The average Bonchev–Trinajstić information content (AvgIpc) is 2.53. The highest BCUT2D eigenvalue weighted by atomic mass is 19.1. The number of nitrogens with one attached hydrogen (secondary N) is 1. The summed E-state index contributed by atoms with van der Waals surface area (Å²) in [4.78, 5) is 10.0. The SMILES string of the molecule is CCCNc1ncc(F)c(N(C)CCc2ccccc2)n1. The minimum atomic E-state index is -0.396. The van der Waals surface area contributed by atoms with Gasteiger partial charge in [-0.15, -0.1) is 0 Å². The molecule has 21 heavy (non-hydrogen) atoms. The highest BCUT2D eigenvalue weighted by Gasteiger charge is 2.11. The van der Waals surface area contributed by atoms with Gasteiger partial charge in [0.15, 0.2) is 11.6 Å². The van der Waals surface area contributed by atoms with Gasteiger partial charge < -0.3 is 10.2 Å². The van der Waals surface area contributed by atoms with Crippen molar-refractivity contribution in [2.45, 2.75) is 19.8 Å². The molecule has 2 aromatic rings. The summed E-state index contributed by atoms with van der Waals surface area (Å²) in [6, 6.07) is 10.1. The molecule has 0 atom stereocenters. The normalized spacial score (nSPS) is 10.4. The Bertz CT molecular complexity index is 559. The number of hydrogen-bond donors (Lipinski definition) is 1. The summed E-state index contributed by atoms with van der Waals surface area (Å²) >= 11 is 0. The molecule has 2 rings (SSSR count). The van der Waals surface area contributed by atoms with Crippen molar-refractivity contribution in [3.63, 3.8) is 0 Å². The topological polar surface area (TPSA) is 41.1 Å². The van der Waals surface area contributed by atoms with Gasteiger partial charge >= 0.3 is 0 Å². The van der Waals surface area contributed by atoms with E-state index in [1.54, 1.807) is 0 Å². The van der Waals surface area contributed by atoms with Crippen LogP contribution in [-0.2, 0) is 6.42 Å². The molecule has 1 heterocycles. The van der Waals surface area contributed by atoms with Gasteiger partial charge in [-0.1, -0.05) is 37.3 Å². The van der Waals surface area contributed by atoms with Gasteiger partial charge in [0.25, 0.3) is 0 Å². The van der Waals surface area contributed by atoms with Crippen LogP contribution in [-0.4, -0.2) is 30.1 Å². The molecule has 0 amide bonds. The van der Waals surface area contributed by atoms with Crippen LogP contribution in [0, 0.1) is 5.82 Å². The Labute approximate surface area is 125 Å². The van der Waals surface area contributed by atoms with Crippen molar-refractivity contribution in [3.05, 3.63) is 47.9 Å². The van der Waals surface area contributed by atoms with E-state index in [-0.39, 0.29) is 0 Å². The van der Waals surface area contributed by atoms with Crippen molar-refractivity contribution in [2.24, 2.45) is 0 Å². The summed E-state index contributed by atoms with van der Waals surface area (Å²) in [5.74, 6) is 0.409. The van der Waals surface area contributed by atoms with Gasteiger partial charge in [-0.25, -0.2) is 9.37 Å². The Morgan fingerprint density at radius 3 is 2.71 bits per heavy atom. The zero-order chi connectivity index (χ0) is 15.1. The molecule has 1 aromatic heterocycles. The summed E-state index contributed by atoms with van der Waals surface area (Å²) in [5, 5.41) is 3.08. The second-order valence-corrected chi connectivity index (χ2v) is 4.95. The molecule has 0 aliphatic carbocycles. The van der Waals surface area contributed by atoms with E-state index in [4.69, 9.17) is 0 Å². The lowest BCUT2D eigenvalue weighted by molar-refractivity contribution is 0.607. The van der Waals surface area contributed by atoms with Crippen LogP contribution in [0.5, 0.6) is 0 Å². The fraction of sp³-hybridized carbons (Fsp3) is 0.375. The lowest BCUT2D eigenvalue weighted by Crippen LogP contribution is -2.23. The first-order valence-electron chi connectivity index (χ1n) is 7.22. The maximum Gasteiger partial charge on any atom is 0.224 e. The molecule has 0 spiro atoms. The monoisotopic (exact) mass is 288 g/mol. The molecule has 1 N–H and O–H groups in total. The van der Waals surface area contributed by atoms with Crippen LogP contribution in [0.2, 0.25) is 0 Å². The van der Waals surface area contributed by atoms with Crippen molar-refractivity contribution in [2.75, 3.05) is 30.4 Å². The van der Waals surface area contributed by atoms with E-state index < -0.39 is 5.82 Å².